The Morgan fingerprint density at radius 1 is 1.25 bits per heavy atom. The number of rotatable bonds is 3. The van der Waals surface area contributed by atoms with Crippen molar-refractivity contribution in [2.45, 2.75) is 12.7 Å². The topological polar surface area (TPSA) is 81.8 Å². The van der Waals surface area contributed by atoms with Gasteiger partial charge in [-0.25, -0.2) is 9.89 Å². The van der Waals surface area contributed by atoms with Gasteiger partial charge in [-0.2, -0.15) is 13.2 Å². The number of carbonyl (C=O) groups is 1. The molecule has 1 amide bonds. The van der Waals surface area contributed by atoms with Gasteiger partial charge in [-0.1, -0.05) is 30.3 Å². The number of nitrogens with zero attached hydrogens (tertiary/aromatic N) is 2. The molecule has 0 spiro atoms. The van der Waals surface area contributed by atoms with Gasteiger partial charge in [0, 0.05) is 0 Å². The van der Waals surface area contributed by atoms with Gasteiger partial charge in [-0.15, -0.1) is 5.10 Å². The molecule has 6 nitrogen and oxygen atoms in total. The first-order chi connectivity index (χ1) is 9.38. The average Bonchev–Trinajstić information content (AvgIpc) is 2.82. The second-order valence-electron chi connectivity index (χ2n) is 3.88. The molecule has 1 aromatic heterocycles. The van der Waals surface area contributed by atoms with E-state index in [0.29, 0.717) is 10.5 Å². The lowest BCUT2D eigenvalue weighted by Gasteiger charge is -2.20. The van der Waals surface area contributed by atoms with Crippen molar-refractivity contribution in [3.8, 4) is 0 Å². The Balaban J connectivity index is 2.34. The number of hydrogen-bond acceptors (Lipinski definition) is 3. The lowest BCUT2D eigenvalue weighted by molar-refractivity contribution is -0.170. The van der Waals surface area contributed by atoms with E-state index in [0.717, 1.165) is 0 Å². The Kier molecular flexibility index (Phi) is 3.59. The summed E-state index contributed by atoms with van der Waals surface area (Å²) in [5.41, 5.74) is -0.331. The highest BCUT2D eigenvalue weighted by atomic mass is 19.4. The van der Waals surface area contributed by atoms with Crippen LogP contribution in [0.25, 0.3) is 0 Å². The maximum absolute atomic E-state index is 12.6. The summed E-state index contributed by atoms with van der Waals surface area (Å²) in [6.07, 6.45) is -5.06. The van der Waals surface area contributed by atoms with Crippen LogP contribution >= 0.6 is 0 Å². The zero-order chi connectivity index (χ0) is 14.8. The number of benzene rings is 1. The Morgan fingerprint density at radius 2 is 1.90 bits per heavy atom. The van der Waals surface area contributed by atoms with E-state index in [1.54, 1.807) is 30.3 Å². The van der Waals surface area contributed by atoms with Crippen LogP contribution in [0.3, 0.4) is 0 Å². The second kappa shape index (κ2) is 5.19. The number of amides is 1. The summed E-state index contributed by atoms with van der Waals surface area (Å²) in [5, 5.41) is 5.28. The predicted octanol–water partition coefficient (Wildman–Crippen LogP) is 1.19. The first-order valence-electron chi connectivity index (χ1n) is 5.45. The summed E-state index contributed by atoms with van der Waals surface area (Å²) in [6.45, 7) is -0.361. The fourth-order valence-corrected chi connectivity index (χ4v) is 1.55. The fourth-order valence-electron chi connectivity index (χ4n) is 1.55. The van der Waals surface area contributed by atoms with E-state index >= 15 is 0 Å². The van der Waals surface area contributed by atoms with Crippen molar-refractivity contribution in [1.82, 2.24) is 15.2 Å². The number of H-pyrrole nitrogens is 2. The van der Waals surface area contributed by atoms with Crippen LogP contribution in [0.5, 0.6) is 0 Å². The highest BCUT2D eigenvalue weighted by Crippen LogP contribution is 2.22. The minimum atomic E-state index is -5.06. The number of aromatic amines is 2. The Hall–Kier alpha value is -2.58. The molecule has 0 saturated carbocycles. The molecule has 20 heavy (non-hydrogen) atoms. The van der Waals surface area contributed by atoms with Crippen molar-refractivity contribution < 1.29 is 18.0 Å². The van der Waals surface area contributed by atoms with E-state index in [-0.39, 0.29) is 6.54 Å². The Labute approximate surface area is 110 Å². The molecule has 106 valence electrons. The van der Waals surface area contributed by atoms with Crippen LogP contribution in [0.4, 0.5) is 19.1 Å². The molecule has 0 aliphatic carbocycles. The smallest absolute Gasteiger partial charge is 0.275 e. The van der Waals surface area contributed by atoms with Gasteiger partial charge in [0.15, 0.2) is 0 Å². The van der Waals surface area contributed by atoms with Crippen molar-refractivity contribution in [1.29, 1.82) is 0 Å². The highest BCUT2D eigenvalue weighted by Gasteiger charge is 2.44. The molecule has 0 radical (unpaired) electrons. The van der Waals surface area contributed by atoms with Gasteiger partial charge in [-0.3, -0.25) is 14.7 Å². The fraction of sp³-hybridized carbons (Fsp3) is 0.182. The molecule has 0 unspecified atom stereocenters. The van der Waals surface area contributed by atoms with Crippen LogP contribution in [0.2, 0.25) is 0 Å². The molecule has 0 aliphatic rings. The van der Waals surface area contributed by atoms with Gasteiger partial charge in [0.2, 0.25) is 5.95 Å². The van der Waals surface area contributed by atoms with Crippen LogP contribution in [0.15, 0.2) is 35.1 Å². The molecule has 0 saturated heterocycles. The zero-order valence-electron chi connectivity index (χ0n) is 9.94. The summed E-state index contributed by atoms with van der Waals surface area (Å²) in [7, 11) is 0. The summed E-state index contributed by atoms with van der Waals surface area (Å²) >= 11 is 0. The van der Waals surface area contributed by atoms with Crippen LogP contribution in [0.1, 0.15) is 5.56 Å². The van der Waals surface area contributed by atoms with Crippen molar-refractivity contribution in [3.05, 3.63) is 46.4 Å². The van der Waals surface area contributed by atoms with Crippen molar-refractivity contribution in [2.75, 3.05) is 4.90 Å². The van der Waals surface area contributed by atoms with Crippen LogP contribution in [-0.2, 0) is 11.3 Å². The van der Waals surface area contributed by atoms with Crippen molar-refractivity contribution in [2.24, 2.45) is 0 Å². The van der Waals surface area contributed by atoms with E-state index in [2.05, 4.69) is 5.10 Å². The van der Waals surface area contributed by atoms with Gasteiger partial charge >= 0.3 is 17.8 Å². The molecule has 2 N–H and O–H groups in total. The van der Waals surface area contributed by atoms with Gasteiger partial charge in [0.1, 0.15) is 0 Å². The molecule has 0 atom stereocenters. The average molecular weight is 286 g/mol. The summed E-state index contributed by atoms with van der Waals surface area (Å²) in [5.74, 6) is -2.59. The minimum Gasteiger partial charge on any atom is -0.275 e. The van der Waals surface area contributed by atoms with E-state index in [4.69, 9.17) is 0 Å². The zero-order valence-corrected chi connectivity index (χ0v) is 9.94. The molecule has 2 rings (SSSR count). The van der Waals surface area contributed by atoms with Crippen molar-refractivity contribution >= 4 is 11.9 Å². The van der Waals surface area contributed by atoms with E-state index < -0.39 is 23.7 Å². The van der Waals surface area contributed by atoms with E-state index in [1.807, 2.05) is 10.1 Å². The number of anilines is 1. The standard InChI is InChI=1S/C11H9F3N4O2/c12-11(13,14)8(19)18(9-15-10(20)17-16-9)6-7-4-2-1-3-5-7/h1-5H,6H2,(H2,15,16,17,20). The molecule has 0 aliphatic heterocycles. The van der Waals surface area contributed by atoms with Gasteiger partial charge in [0.25, 0.3) is 0 Å². The first kappa shape index (κ1) is 13.8. The molecule has 2 aromatic rings. The first-order valence-corrected chi connectivity index (χ1v) is 5.45. The van der Waals surface area contributed by atoms with Crippen LogP contribution < -0.4 is 10.6 Å². The lowest BCUT2D eigenvalue weighted by Crippen LogP contribution is -2.41. The van der Waals surface area contributed by atoms with Crippen LogP contribution in [-0.4, -0.2) is 27.3 Å². The number of nitrogens with one attached hydrogen (secondary N) is 2. The SMILES string of the molecule is O=C(N(Cc1ccccc1)c1n[nH]c(=O)[nH]1)C(F)(F)F. The minimum absolute atomic E-state index is 0.354. The molecular formula is C11H9F3N4O2. The number of carbonyl (C=O) groups excluding carboxylic acids is 1. The maximum Gasteiger partial charge on any atom is 0.471 e. The molecule has 1 aromatic carbocycles. The largest absolute Gasteiger partial charge is 0.471 e. The van der Waals surface area contributed by atoms with Gasteiger partial charge in [-0.05, 0) is 5.56 Å². The summed E-state index contributed by atoms with van der Waals surface area (Å²) in [4.78, 5) is 24.7. The predicted molar refractivity (Wildman–Crippen MR) is 62.9 cm³/mol. The lowest BCUT2D eigenvalue weighted by atomic mass is 10.2. The second-order valence-corrected chi connectivity index (χ2v) is 3.88. The third kappa shape index (κ3) is 3.05. The number of alkyl halides is 3. The van der Waals surface area contributed by atoms with Crippen LogP contribution in [0, 0.1) is 0 Å². The third-order valence-electron chi connectivity index (χ3n) is 2.42. The summed E-state index contributed by atoms with van der Waals surface area (Å²) in [6, 6.07) is 8.05. The number of halogens is 3. The molecule has 0 fully saturated rings. The third-order valence-corrected chi connectivity index (χ3v) is 2.42. The highest BCUT2D eigenvalue weighted by molar-refractivity contribution is 5.95. The van der Waals surface area contributed by atoms with Gasteiger partial charge in [0.05, 0.1) is 6.54 Å². The number of hydrogen-bond donors (Lipinski definition) is 2. The quantitative estimate of drug-likeness (QED) is 0.889. The molecule has 0 bridgehead atoms. The Morgan fingerprint density at radius 3 is 2.40 bits per heavy atom. The van der Waals surface area contributed by atoms with E-state index in [9.17, 15) is 22.8 Å². The Bertz CT molecular complexity index is 647. The van der Waals surface area contributed by atoms with Crippen molar-refractivity contribution in [3.63, 3.8) is 0 Å². The monoisotopic (exact) mass is 286 g/mol. The molecule has 9 heteroatoms. The molecule has 1 heterocycles. The normalized spacial score (nSPS) is 11.3. The van der Waals surface area contributed by atoms with Gasteiger partial charge < -0.3 is 0 Å². The number of aromatic nitrogens is 3. The van der Waals surface area contributed by atoms with E-state index in [1.165, 1.54) is 0 Å². The maximum atomic E-state index is 12.6. The molecular weight excluding hydrogens is 277 g/mol. The summed E-state index contributed by atoms with van der Waals surface area (Å²) < 4.78 is 37.7.